The van der Waals surface area contributed by atoms with Crippen LogP contribution in [0.25, 0.3) is 0 Å². The van der Waals surface area contributed by atoms with Gasteiger partial charge in [-0.15, -0.1) is 12.4 Å². The first-order valence-electron chi connectivity index (χ1n) is 6.81. The highest BCUT2D eigenvalue weighted by Crippen LogP contribution is 2.14. The first kappa shape index (κ1) is 19.6. The maximum Gasteiger partial charge on any atom is 0.237 e. The molecule has 3 N–H and O–H groups in total. The largest absolute Gasteiger partial charge is 0.352 e. The van der Waals surface area contributed by atoms with Crippen molar-refractivity contribution in [3.05, 3.63) is 0 Å². The van der Waals surface area contributed by atoms with Gasteiger partial charge in [0.25, 0.3) is 0 Å². The second kappa shape index (κ2) is 8.17. The Kier molecular flexibility index (Phi) is 8.01. The van der Waals surface area contributed by atoms with Gasteiger partial charge in [-0.2, -0.15) is 0 Å². The van der Waals surface area contributed by atoms with E-state index in [-0.39, 0.29) is 36.0 Å². The van der Waals surface area contributed by atoms with Crippen LogP contribution in [-0.4, -0.2) is 49.6 Å². The van der Waals surface area contributed by atoms with Crippen molar-refractivity contribution >= 4 is 28.3 Å². The number of rotatable bonds is 5. The molecule has 1 atom stereocenters. The smallest absolute Gasteiger partial charge is 0.237 e. The summed E-state index contributed by atoms with van der Waals surface area (Å²) in [5.41, 5.74) is 5.78. The van der Waals surface area contributed by atoms with E-state index in [1.165, 1.54) is 4.31 Å². The standard InChI is InChI=1S/C12H25N3O3S.ClH/c1-4-19(17,18)15-7-5-10(6-8-15)14-12(16)11(13)9(2)3;/h9-11H,4-8,13H2,1-3H3,(H,14,16);1H. The fourth-order valence-electron chi connectivity index (χ4n) is 2.06. The molecule has 0 aliphatic carbocycles. The number of carbonyl (C=O) groups is 1. The molecule has 0 saturated carbocycles. The maximum atomic E-state index is 11.8. The van der Waals surface area contributed by atoms with Crippen LogP contribution in [0.4, 0.5) is 0 Å². The number of hydrogen-bond acceptors (Lipinski definition) is 4. The normalized spacial score (nSPS) is 19.4. The summed E-state index contributed by atoms with van der Waals surface area (Å²) in [7, 11) is -3.11. The average Bonchev–Trinajstić information content (AvgIpc) is 2.38. The number of nitrogens with one attached hydrogen (secondary N) is 1. The number of carbonyl (C=O) groups excluding carboxylic acids is 1. The van der Waals surface area contributed by atoms with Crippen molar-refractivity contribution in [2.75, 3.05) is 18.8 Å². The number of halogens is 1. The summed E-state index contributed by atoms with van der Waals surface area (Å²) in [6.45, 7) is 6.39. The number of piperidine rings is 1. The molecule has 6 nitrogen and oxygen atoms in total. The third kappa shape index (κ3) is 5.20. The minimum absolute atomic E-state index is 0. The molecule has 1 heterocycles. The number of sulfonamides is 1. The third-order valence-electron chi connectivity index (χ3n) is 3.58. The minimum Gasteiger partial charge on any atom is -0.352 e. The Morgan fingerprint density at radius 2 is 1.85 bits per heavy atom. The van der Waals surface area contributed by atoms with Gasteiger partial charge in [-0.25, -0.2) is 12.7 Å². The molecule has 20 heavy (non-hydrogen) atoms. The van der Waals surface area contributed by atoms with E-state index < -0.39 is 16.1 Å². The average molecular weight is 328 g/mol. The first-order valence-corrected chi connectivity index (χ1v) is 8.42. The van der Waals surface area contributed by atoms with Crippen LogP contribution in [0.1, 0.15) is 33.6 Å². The third-order valence-corrected chi connectivity index (χ3v) is 5.46. The molecule has 1 aliphatic heterocycles. The Bertz CT molecular complexity index is 406. The molecule has 1 amide bonds. The van der Waals surface area contributed by atoms with Crippen LogP contribution < -0.4 is 11.1 Å². The van der Waals surface area contributed by atoms with Gasteiger partial charge in [-0.1, -0.05) is 13.8 Å². The van der Waals surface area contributed by atoms with Gasteiger partial charge in [0, 0.05) is 19.1 Å². The molecule has 0 radical (unpaired) electrons. The van der Waals surface area contributed by atoms with E-state index in [0.717, 1.165) is 0 Å². The Balaban J connectivity index is 0.00000361. The lowest BCUT2D eigenvalue weighted by molar-refractivity contribution is -0.124. The molecule has 0 bridgehead atoms. The predicted octanol–water partition coefficient (Wildman–Crippen LogP) is 0.322. The van der Waals surface area contributed by atoms with E-state index >= 15 is 0 Å². The van der Waals surface area contributed by atoms with Crippen molar-refractivity contribution in [3.8, 4) is 0 Å². The fourth-order valence-corrected chi connectivity index (χ4v) is 3.19. The number of amides is 1. The van der Waals surface area contributed by atoms with E-state index in [9.17, 15) is 13.2 Å². The van der Waals surface area contributed by atoms with Gasteiger partial charge in [0.15, 0.2) is 0 Å². The maximum absolute atomic E-state index is 11.8. The Morgan fingerprint density at radius 1 is 1.35 bits per heavy atom. The van der Waals surface area contributed by atoms with Gasteiger partial charge in [-0.3, -0.25) is 4.79 Å². The summed E-state index contributed by atoms with van der Waals surface area (Å²) < 4.78 is 24.9. The zero-order valence-corrected chi connectivity index (χ0v) is 14.0. The lowest BCUT2D eigenvalue weighted by Gasteiger charge is -2.32. The lowest BCUT2D eigenvalue weighted by atomic mass is 10.0. The van der Waals surface area contributed by atoms with Crippen LogP contribution in [0, 0.1) is 5.92 Å². The molecule has 1 aliphatic rings. The van der Waals surface area contributed by atoms with E-state index in [0.29, 0.717) is 25.9 Å². The Labute approximate surface area is 127 Å². The van der Waals surface area contributed by atoms with Crippen LogP contribution in [0.2, 0.25) is 0 Å². The summed E-state index contributed by atoms with van der Waals surface area (Å²) in [5.74, 6) is 0.0785. The minimum atomic E-state index is -3.11. The summed E-state index contributed by atoms with van der Waals surface area (Å²) in [4.78, 5) is 11.8. The lowest BCUT2D eigenvalue weighted by Crippen LogP contribution is -2.51. The van der Waals surface area contributed by atoms with Crippen LogP contribution >= 0.6 is 12.4 Å². The van der Waals surface area contributed by atoms with Crippen molar-refractivity contribution in [1.82, 2.24) is 9.62 Å². The topological polar surface area (TPSA) is 92.5 Å². The summed E-state index contributed by atoms with van der Waals surface area (Å²) in [5, 5.41) is 2.90. The van der Waals surface area contributed by atoms with E-state index in [1.807, 2.05) is 13.8 Å². The molecule has 0 spiro atoms. The second-order valence-electron chi connectivity index (χ2n) is 5.35. The molecule has 0 aromatic heterocycles. The van der Waals surface area contributed by atoms with Gasteiger partial charge in [-0.05, 0) is 25.7 Å². The van der Waals surface area contributed by atoms with Crippen LogP contribution in [-0.2, 0) is 14.8 Å². The molecular formula is C12H26ClN3O3S. The van der Waals surface area contributed by atoms with Crippen molar-refractivity contribution in [1.29, 1.82) is 0 Å². The molecule has 1 saturated heterocycles. The zero-order chi connectivity index (χ0) is 14.6. The van der Waals surface area contributed by atoms with Gasteiger partial charge >= 0.3 is 0 Å². The number of hydrogen-bond donors (Lipinski definition) is 2. The SMILES string of the molecule is CCS(=O)(=O)N1CCC(NC(=O)C(N)C(C)C)CC1.Cl. The van der Waals surface area contributed by atoms with Crippen molar-refractivity contribution in [2.24, 2.45) is 11.7 Å². The van der Waals surface area contributed by atoms with Crippen LogP contribution in [0.3, 0.4) is 0 Å². The monoisotopic (exact) mass is 327 g/mol. The zero-order valence-electron chi connectivity index (χ0n) is 12.3. The first-order chi connectivity index (χ1) is 8.77. The van der Waals surface area contributed by atoms with E-state index in [2.05, 4.69) is 5.32 Å². The van der Waals surface area contributed by atoms with E-state index in [4.69, 9.17) is 5.73 Å². The van der Waals surface area contributed by atoms with Crippen molar-refractivity contribution < 1.29 is 13.2 Å². The molecule has 8 heteroatoms. The van der Waals surface area contributed by atoms with Crippen LogP contribution in [0.15, 0.2) is 0 Å². The van der Waals surface area contributed by atoms with Gasteiger partial charge in [0.05, 0.1) is 11.8 Å². The molecule has 120 valence electrons. The highest BCUT2D eigenvalue weighted by molar-refractivity contribution is 7.89. The van der Waals surface area contributed by atoms with Gasteiger partial charge < -0.3 is 11.1 Å². The van der Waals surface area contributed by atoms with Crippen LogP contribution in [0.5, 0.6) is 0 Å². The van der Waals surface area contributed by atoms with Gasteiger partial charge in [0.2, 0.25) is 15.9 Å². The highest BCUT2D eigenvalue weighted by atomic mass is 35.5. The quantitative estimate of drug-likeness (QED) is 0.760. The predicted molar refractivity (Wildman–Crippen MR) is 82.3 cm³/mol. The summed E-state index contributed by atoms with van der Waals surface area (Å²) in [6, 6.07) is -0.474. The molecule has 0 aromatic carbocycles. The van der Waals surface area contributed by atoms with E-state index in [1.54, 1.807) is 6.92 Å². The molecule has 1 fully saturated rings. The summed E-state index contributed by atoms with van der Waals surface area (Å²) in [6.07, 6.45) is 1.30. The van der Waals surface area contributed by atoms with Crippen molar-refractivity contribution in [2.45, 2.75) is 45.7 Å². The fraction of sp³-hybridized carbons (Fsp3) is 0.917. The van der Waals surface area contributed by atoms with Gasteiger partial charge in [0.1, 0.15) is 0 Å². The Hall–Kier alpha value is -0.370. The second-order valence-corrected chi connectivity index (χ2v) is 7.61. The highest BCUT2D eigenvalue weighted by Gasteiger charge is 2.28. The molecular weight excluding hydrogens is 302 g/mol. The number of nitrogens with two attached hydrogens (primary N) is 1. The molecule has 0 aromatic rings. The molecule has 1 unspecified atom stereocenters. The Morgan fingerprint density at radius 3 is 2.25 bits per heavy atom. The number of nitrogens with zero attached hydrogens (tertiary/aromatic N) is 1. The molecule has 1 rings (SSSR count). The van der Waals surface area contributed by atoms with Crippen molar-refractivity contribution in [3.63, 3.8) is 0 Å². The summed E-state index contributed by atoms with van der Waals surface area (Å²) >= 11 is 0.